The number of sulfonamides is 1. The number of hydrogen-bond acceptors (Lipinski definition) is 4. The van der Waals surface area contributed by atoms with Crippen molar-refractivity contribution < 1.29 is 8.42 Å². The molecule has 5 nitrogen and oxygen atoms in total. The van der Waals surface area contributed by atoms with Gasteiger partial charge in [-0.05, 0) is 30.3 Å². The molecule has 3 rings (SSSR count). The van der Waals surface area contributed by atoms with Crippen molar-refractivity contribution in [3.63, 3.8) is 0 Å². The molecular weight excluding hydrogens is 298 g/mol. The van der Waals surface area contributed by atoms with Crippen LogP contribution in [-0.2, 0) is 10.0 Å². The molecule has 0 bridgehead atoms. The summed E-state index contributed by atoms with van der Waals surface area (Å²) >= 11 is 0. The molecule has 0 aliphatic heterocycles. The van der Waals surface area contributed by atoms with Crippen LogP contribution in [0.1, 0.15) is 0 Å². The van der Waals surface area contributed by atoms with Gasteiger partial charge < -0.3 is 0 Å². The maximum atomic E-state index is 12.3. The van der Waals surface area contributed by atoms with E-state index >= 15 is 0 Å². The smallest absolute Gasteiger partial charge is 0.261 e. The molecule has 3 aromatic rings. The number of hydrogen-bond donors (Lipinski definition) is 1. The van der Waals surface area contributed by atoms with Crippen LogP contribution < -0.4 is 4.72 Å². The largest absolute Gasteiger partial charge is 0.280 e. The van der Waals surface area contributed by atoms with Crippen LogP contribution in [0.2, 0.25) is 0 Å². The van der Waals surface area contributed by atoms with Gasteiger partial charge in [-0.3, -0.25) is 4.72 Å². The quantitative estimate of drug-likeness (QED) is 0.804. The third-order valence-electron chi connectivity index (χ3n) is 2.99. The van der Waals surface area contributed by atoms with Crippen LogP contribution in [0.3, 0.4) is 0 Å². The average Bonchev–Trinajstić information content (AvgIpc) is 2.56. The second kappa shape index (κ2) is 5.95. The van der Waals surface area contributed by atoms with E-state index in [0.29, 0.717) is 11.5 Å². The zero-order valence-electron chi connectivity index (χ0n) is 11.5. The number of rotatable bonds is 4. The molecule has 0 aliphatic carbocycles. The standard InChI is InChI=1S/C16H13N3O2S/c20-22(21,15-8-2-1-3-9-15)19-14-7-4-6-13(12-14)16-17-10-5-11-18-16/h1-12,19H. The molecule has 0 radical (unpaired) electrons. The van der Waals surface area contributed by atoms with Gasteiger partial charge in [0.15, 0.2) is 5.82 Å². The molecule has 1 heterocycles. The summed E-state index contributed by atoms with van der Waals surface area (Å²) in [7, 11) is -3.60. The number of nitrogens with zero attached hydrogens (tertiary/aromatic N) is 2. The first-order valence-corrected chi connectivity index (χ1v) is 8.09. The topological polar surface area (TPSA) is 72.0 Å². The van der Waals surface area contributed by atoms with Crippen LogP contribution >= 0.6 is 0 Å². The highest BCUT2D eigenvalue weighted by Crippen LogP contribution is 2.21. The third kappa shape index (κ3) is 3.12. The van der Waals surface area contributed by atoms with Crippen molar-refractivity contribution in [1.82, 2.24) is 9.97 Å². The fourth-order valence-corrected chi connectivity index (χ4v) is 3.05. The molecule has 0 saturated heterocycles. The van der Waals surface area contributed by atoms with Crippen LogP contribution in [0.4, 0.5) is 5.69 Å². The van der Waals surface area contributed by atoms with E-state index < -0.39 is 10.0 Å². The maximum absolute atomic E-state index is 12.3. The lowest BCUT2D eigenvalue weighted by molar-refractivity contribution is 0.601. The Kier molecular flexibility index (Phi) is 3.84. The van der Waals surface area contributed by atoms with Crippen LogP contribution in [0, 0.1) is 0 Å². The Morgan fingerprint density at radius 1 is 0.818 bits per heavy atom. The van der Waals surface area contributed by atoms with Crippen LogP contribution in [0.5, 0.6) is 0 Å². The van der Waals surface area contributed by atoms with E-state index in [0.717, 1.165) is 5.56 Å². The van der Waals surface area contributed by atoms with Gasteiger partial charge in [0.05, 0.1) is 4.90 Å². The lowest BCUT2D eigenvalue weighted by atomic mass is 10.2. The number of benzene rings is 2. The normalized spacial score (nSPS) is 11.1. The van der Waals surface area contributed by atoms with Gasteiger partial charge >= 0.3 is 0 Å². The van der Waals surface area contributed by atoms with Crippen LogP contribution in [0.15, 0.2) is 78.0 Å². The zero-order valence-corrected chi connectivity index (χ0v) is 12.4. The van der Waals surface area contributed by atoms with E-state index in [1.54, 1.807) is 67.0 Å². The summed E-state index contributed by atoms with van der Waals surface area (Å²) in [6.45, 7) is 0. The predicted octanol–water partition coefficient (Wildman–Crippen LogP) is 2.94. The van der Waals surface area contributed by atoms with Gasteiger partial charge in [0.25, 0.3) is 10.0 Å². The molecule has 1 N–H and O–H groups in total. The Labute approximate surface area is 128 Å². The summed E-state index contributed by atoms with van der Waals surface area (Å²) in [6, 6.07) is 16.9. The second-order valence-corrected chi connectivity index (χ2v) is 6.25. The Balaban J connectivity index is 1.91. The first kappa shape index (κ1) is 14.2. The predicted molar refractivity (Wildman–Crippen MR) is 84.7 cm³/mol. The highest BCUT2D eigenvalue weighted by Gasteiger charge is 2.13. The molecule has 0 fully saturated rings. The highest BCUT2D eigenvalue weighted by atomic mass is 32.2. The fraction of sp³-hybridized carbons (Fsp3) is 0. The van der Waals surface area contributed by atoms with Crippen molar-refractivity contribution in [3.05, 3.63) is 73.1 Å². The summed E-state index contributed by atoms with van der Waals surface area (Å²) in [5.74, 6) is 0.545. The van der Waals surface area contributed by atoms with Gasteiger partial charge in [-0.2, -0.15) is 0 Å². The van der Waals surface area contributed by atoms with Gasteiger partial charge in [0.2, 0.25) is 0 Å². The molecule has 6 heteroatoms. The molecule has 0 amide bonds. The van der Waals surface area contributed by atoms with E-state index in [4.69, 9.17) is 0 Å². The second-order valence-electron chi connectivity index (χ2n) is 4.57. The van der Waals surface area contributed by atoms with E-state index in [1.807, 2.05) is 6.07 Å². The molecule has 110 valence electrons. The van der Waals surface area contributed by atoms with Crippen molar-refractivity contribution in [2.45, 2.75) is 4.90 Å². The van der Waals surface area contributed by atoms with E-state index in [9.17, 15) is 8.42 Å². The number of aromatic nitrogens is 2. The van der Waals surface area contributed by atoms with Crippen LogP contribution in [-0.4, -0.2) is 18.4 Å². The van der Waals surface area contributed by atoms with Crippen LogP contribution in [0.25, 0.3) is 11.4 Å². The van der Waals surface area contributed by atoms with Crippen molar-refractivity contribution in [2.24, 2.45) is 0 Å². The van der Waals surface area contributed by atoms with Crippen molar-refractivity contribution in [3.8, 4) is 11.4 Å². The van der Waals surface area contributed by atoms with Crippen molar-refractivity contribution in [2.75, 3.05) is 4.72 Å². The molecule has 2 aromatic carbocycles. The zero-order chi connectivity index (χ0) is 15.4. The first-order valence-electron chi connectivity index (χ1n) is 6.60. The van der Waals surface area contributed by atoms with Crippen molar-refractivity contribution >= 4 is 15.7 Å². The minimum atomic E-state index is -3.60. The van der Waals surface area contributed by atoms with Gasteiger partial charge in [0, 0.05) is 23.6 Å². The molecule has 0 spiro atoms. The van der Waals surface area contributed by atoms with E-state index in [2.05, 4.69) is 14.7 Å². The minimum absolute atomic E-state index is 0.219. The Bertz CT molecular complexity index is 866. The SMILES string of the molecule is O=S(=O)(Nc1cccc(-c2ncccn2)c1)c1ccccc1. The Hall–Kier alpha value is -2.73. The lowest BCUT2D eigenvalue weighted by Crippen LogP contribution is -2.12. The minimum Gasteiger partial charge on any atom is -0.280 e. The molecule has 0 aliphatic rings. The summed E-state index contributed by atoms with van der Waals surface area (Å²) in [5.41, 5.74) is 1.21. The van der Waals surface area contributed by atoms with Crippen molar-refractivity contribution in [1.29, 1.82) is 0 Å². The average molecular weight is 311 g/mol. The van der Waals surface area contributed by atoms with E-state index in [-0.39, 0.29) is 4.90 Å². The monoisotopic (exact) mass is 311 g/mol. The molecule has 0 unspecified atom stereocenters. The summed E-state index contributed by atoms with van der Waals surface area (Å²) < 4.78 is 27.2. The maximum Gasteiger partial charge on any atom is 0.261 e. The van der Waals surface area contributed by atoms with E-state index in [1.165, 1.54) is 0 Å². The highest BCUT2D eigenvalue weighted by molar-refractivity contribution is 7.92. The fourth-order valence-electron chi connectivity index (χ4n) is 1.98. The van der Waals surface area contributed by atoms with Gasteiger partial charge in [0.1, 0.15) is 0 Å². The Morgan fingerprint density at radius 2 is 1.55 bits per heavy atom. The molecule has 0 saturated carbocycles. The third-order valence-corrected chi connectivity index (χ3v) is 4.39. The molecule has 22 heavy (non-hydrogen) atoms. The Morgan fingerprint density at radius 3 is 2.27 bits per heavy atom. The van der Waals surface area contributed by atoms with Gasteiger partial charge in [-0.25, -0.2) is 18.4 Å². The molecule has 0 atom stereocenters. The lowest BCUT2D eigenvalue weighted by Gasteiger charge is -2.09. The summed E-state index contributed by atoms with van der Waals surface area (Å²) in [4.78, 5) is 8.53. The molecular formula is C16H13N3O2S. The van der Waals surface area contributed by atoms with Gasteiger partial charge in [-0.15, -0.1) is 0 Å². The summed E-state index contributed by atoms with van der Waals surface area (Å²) in [5, 5.41) is 0. The first-order chi connectivity index (χ1) is 10.6. The van der Waals surface area contributed by atoms with Gasteiger partial charge in [-0.1, -0.05) is 30.3 Å². The summed E-state index contributed by atoms with van der Waals surface area (Å²) in [6.07, 6.45) is 3.28. The molecule has 1 aromatic heterocycles. The number of anilines is 1. The number of nitrogens with one attached hydrogen (secondary N) is 1.